The van der Waals surface area contributed by atoms with Gasteiger partial charge in [0, 0.05) is 32.2 Å². The van der Waals surface area contributed by atoms with Crippen LogP contribution in [0, 0.1) is 0 Å². The van der Waals surface area contributed by atoms with Gasteiger partial charge in [-0.1, -0.05) is 54.9 Å². The summed E-state index contributed by atoms with van der Waals surface area (Å²) in [7, 11) is 0. The van der Waals surface area contributed by atoms with Gasteiger partial charge in [0.25, 0.3) is 0 Å². The lowest BCUT2D eigenvalue weighted by molar-refractivity contribution is 0.164. The average Bonchev–Trinajstić information content (AvgIpc) is 2.51. The van der Waals surface area contributed by atoms with E-state index in [1.165, 1.54) is 12.0 Å². The van der Waals surface area contributed by atoms with Crippen LogP contribution >= 0.6 is 24.8 Å². The maximum Gasteiger partial charge on any atom is 0.123 e. The van der Waals surface area contributed by atoms with Gasteiger partial charge < -0.3 is 10.4 Å². The molecule has 1 atom stereocenters. The molecule has 0 radical (unpaired) electrons. The van der Waals surface area contributed by atoms with Gasteiger partial charge in [-0.2, -0.15) is 0 Å². The van der Waals surface area contributed by atoms with Gasteiger partial charge in [-0.3, -0.25) is 4.90 Å². The fourth-order valence-corrected chi connectivity index (χ4v) is 3.82. The Bertz CT molecular complexity index is 550. The molecular formula is C22H40Cl2N2O. The summed E-state index contributed by atoms with van der Waals surface area (Å²) in [6.45, 7) is 19.8. The van der Waals surface area contributed by atoms with Gasteiger partial charge in [-0.15, -0.1) is 24.8 Å². The number of rotatable bonds is 4. The third-order valence-corrected chi connectivity index (χ3v) is 5.29. The third-order valence-electron chi connectivity index (χ3n) is 5.29. The van der Waals surface area contributed by atoms with Crippen molar-refractivity contribution >= 4 is 24.8 Å². The Kier molecular flexibility index (Phi) is 10.2. The molecule has 158 valence electrons. The van der Waals surface area contributed by atoms with Crippen LogP contribution in [0.3, 0.4) is 0 Å². The minimum atomic E-state index is -0.0691. The van der Waals surface area contributed by atoms with Crippen LogP contribution in [-0.4, -0.2) is 36.2 Å². The zero-order valence-corrected chi connectivity index (χ0v) is 19.8. The maximum absolute atomic E-state index is 11.0. The standard InChI is InChI=1S/C22H38N2O.2ClH/c1-8-9-19(24-12-10-23-11-13-24)16-14-17(21(2,3)4)20(25)18(15-16)22(5,6)7;;/h14-15,19,23,25H,8-13H2,1-7H3;2*1H/t19-;;/m1../s1. The monoisotopic (exact) mass is 418 g/mol. The van der Waals surface area contributed by atoms with Crippen molar-refractivity contribution in [2.24, 2.45) is 0 Å². The van der Waals surface area contributed by atoms with E-state index < -0.39 is 0 Å². The molecule has 1 aromatic carbocycles. The number of aromatic hydroxyl groups is 1. The number of hydrogen-bond acceptors (Lipinski definition) is 3. The minimum Gasteiger partial charge on any atom is -0.507 e. The predicted octanol–water partition coefficient (Wildman–Crippen LogP) is 5.58. The molecule has 0 bridgehead atoms. The number of nitrogens with one attached hydrogen (secondary N) is 1. The zero-order chi connectivity index (χ0) is 18.8. The topological polar surface area (TPSA) is 35.5 Å². The van der Waals surface area contributed by atoms with Crippen LogP contribution in [0.5, 0.6) is 5.75 Å². The van der Waals surface area contributed by atoms with Gasteiger partial charge >= 0.3 is 0 Å². The van der Waals surface area contributed by atoms with E-state index in [0.717, 1.165) is 43.7 Å². The highest BCUT2D eigenvalue weighted by atomic mass is 35.5. The molecule has 0 aromatic heterocycles. The van der Waals surface area contributed by atoms with Crippen LogP contribution in [0.15, 0.2) is 12.1 Å². The highest BCUT2D eigenvalue weighted by molar-refractivity contribution is 5.85. The normalized spacial score (nSPS) is 17.0. The molecule has 1 aliphatic rings. The number of halogens is 2. The van der Waals surface area contributed by atoms with E-state index in [1.807, 2.05) is 0 Å². The molecule has 0 unspecified atom stereocenters. The molecule has 1 fully saturated rings. The first-order chi connectivity index (χ1) is 11.6. The SMILES string of the molecule is CCC[C@H](c1cc(C(C)(C)C)c(O)c(C(C)(C)C)c1)N1CCNCC1.Cl.Cl. The summed E-state index contributed by atoms with van der Waals surface area (Å²) >= 11 is 0. The molecule has 1 saturated heterocycles. The van der Waals surface area contributed by atoms with E-state index in [9.17, 15) is 5.11 Å². The first kappa shape index (κ1) is 26.5. The lowest BCUT2D eigenvalue weighted by atomic mass is 9.77. The van der Waals surface area contributed by atoms with Gasteiger partial charge in [0.1, 0.15) is 5.75 Å². The first-order valence-corrected chi connectivity index (χ1v) is 9.88. The van der Waals surface area contributed by atoms with Crippen LogP contribution in [0.25, 0.3) is 0 Å². The van der Waals surface area contributed by atoms with Gasteiger partial charge in [0.2, 0.25) is 0 Å². The van der Waals surface area contributed by atoms with E-state index >= 15 is 0 Å². The predicted molar refractivity (Wildman–Crippen MR) is 122 cm³/mol. The second-order valence-electron chi connectivity index (χ2n) is 9.56. The fraction of sp³-hybridized carbons (Fsp3) is 0.727. The molecule has 0 amide bonds. The second-order valence-corrected chi connectivity index (χ2v) is 9.56. The summed E-state index contributed by atoms with van der Waals surface area (Å²) in [5.41, 5.74) is 3.38. The Morgan fingerprint density at radius 3 is 1.78 bits per heavy atom. The number of hydrogen-bond donors (Lipinski definition) is 2. The highest BCUT2D eigenvalue weighted by Crippen LogP contribution is 2.42. The molecule has 1 aliphatic heterocycles. The molecule has 3 nitrogen and oxygen atoms in total. The van der Waals surface area contributed by atoms with Gasteiger partial charge in [-0.05, 0) is 46.1 Å². The third kappa shape index (κ3) is 6.52. The fourth-order valence-electron chi connectivity index (χ4n) is 3.82. The van der Waals surface area contributed by atoms with E-state index in [4.69, 9.17) is 0 Å². The highest BCUT2D eigenvalue weighted by Gasteiger charge is 2.29. The number of phenolic OH excluding ortho intramolecular Hbond substituents is 1. The lowest BCUT2D eigenvalue weighted by Gasteiger charge is -2.37. The van der Waals surface area contributed by atoms with E-state index in [0.29, 0.717) is 11.8 Å². The summed E-state index contributed by atoms with van der Waals surface area (Å²) < 4.78 is 0. The average molecular weight is 419 g/mol. The maximum atomic E-state index is 11.0. The summed E-state index contributed by atoms with van der Waals surface area (Å²) in [4.78, 5) is 2.62. The molecule has 2 rings (SSSR count). The summed E-state index contributed by atoms with van der Waals surface area (Å²) in [6.07, 6.45) is 2.34. The van der Waals surface area contributed by atoms with Crippen LogP contribution in [-0.2, 0) is 10.8 Å². The number of phenols is 1. The quantitative estimate of drug-likeness (QED) is 0.669. The Labute approximate surface area is 179 Å². The minimum absolute atomic E-state index is 0. The van der Waals surface area contributed by atoms with Gasteiger partial charge in [0.15, 0.2) is 0 Å². The first-order valence-electron chi connectivity index (χ1n) is 9.88. The molecular weight excluding hydrogens is 379 g/mol. The summed E-state index contributed by atoms with van der Waals surface area (Å²) in [5.74, 6) is 0.485. The summed E-state index contributed by atoms with van der Waals surface area (Å²) in [6, 6.07) is 4.98. The van der Waals surface area contributed by atoms with E-state index in [-0.39, 0.29) is 35.6 Å². The van der Waals surface area contributed by atoms with Crippen LogP contribution < -0.4 is 5.32 Å². The molecule has 5 heteroatoms. The number of nitrogens with zero attached hydrogens (tertiary/aromatic N) is 1. The van der Waals surface area contributed by atoms with Crippen LogP contribution in [0.1, 0.15) is 84.0 Å². The molecule has 2 N–H and O–H groups in total. The molecule has 1 heterocycles. The molecule has 27 heavy (non-hydrogen) atoms. The van der Waals surface area contributed by atoms with Crippen molar-refractivity contribution in [3.8, 4) is 5.75 Å². The van der Waals surface area contributed by atoms with Crippen molar-refractivity contribution in [3.05, 3.63) is 28.8 Å². The van der Waals surface area contributed by atoms with Crippen molar-refractivity contribution in [2.75, 3.05) is 26.2 Å². The summed E-state index contributed by atoms with van der Waals surface area (Å²) in [5, 5.41) is 14.4. The molecule has 0 saturated carbocycles. The van der Waals surface area contributed by atoms with E-state index in [1.54, 1.807) is 0 Å². The van der Waals surface area contributed by atoms with Gasteiger partial charge in [-0.25, -0.2) is 0 Å². The number of benzene rings is 1. The van der Waals surface area contributed by atoms with Crippen LogP contribution in [0.4, 0.5) is 0 Å². The molecule has 0 spiro atoms. The Hall–Kier alpha value is -0.480. The van der Waals surface area contributed by atoms with Crippen molar-refractivity contribution in [1.82, 2.24) is 10.2 Å². The lowest BCUT2D eigenvalue weighted by Crippen LogP contribution is -2.45. The van der Waals surface area contributed by atoms with Crippen molar-refractivity contribution < 1.29 is 5.11 Å². The zero-order valence-electron chi connectivity index (χ0n) is 18.2. The molecule has 1 aromatic rings. The Morgan fingerprint density at radius 1 is 0.963 bits per heavy atom. The second kappa shape index (κ2) is 10.3. The smallest absolute Gasteiger partial charge is 0.123 e. The Morgan fingerprint density at radius 2 is 1.41 bits per heavy atom. The Balaban J connectivity index is 0.00000338. The van der Waals surface area contributed by atoms with Crippen LogP contribution in [0.2, 0.25) is 0 Å². The molecule has 0 aliphatic carbocycles. The van der Waals surface area contributed by atoms with Crippen molar-refractivity contribution in [3.63, 3.8) is 0 Å². The van der Waals surface area contributed by atoms with Crippen molar-refractivity contribution in [2.45, 2.75) is 78.2 Å². The van der Waals surface area contributed by atoms with Gasteiger partial charge in [0.05, 0.1) is 0 Å². The largest absolute Gasteiger partial charge is 0.507 e. The van der Waals surface area contributed by atoms with Crippen molar-refractivity contribution in [1.29, 1.82) is 0 Å². The van der Waals surface area contributed by atoms with E-state index in [2.05, 4.69) is 70.8 Å². The number of piperazine rings is 1.